The Balaban J connectivity index is 1.81. The molecule has 25 heavy (non-hydrogen) atoms. The van der Waals surface area contributed by atoms with Crippen molar-refractivity contribution in [2.45, 2.75) is 0 Å². The average molecular weight is 412 g/mol. The predicted molar refractivity (Wildman–Crippen MR) is 107 cm³/mol. The number of hydrogen-bond donors (Lipinski definition) is 1. The second kappa shape index (κ2) is 6.82. The molecule has 124 valence electrons. The fourth-order valence-electron chi connectivity index (χ4n) is 2.65. The van der Waals surface area contributed by atoms with Crippen LogP contribution in [0.3, 0.4) is 0 Å². The maximum Gasteiger partial charge on any atom is 0.143 e. The summed E-state index contributed by atoms with van der Waals surface area (Å²) in [4.78, 5) is 9.84. The molecule has 0 saturated heterocycles. The molecule has 0 bridgehead atoms. The number of thiophene rings is 1. The molecular formula is C19H14BrN3OS. The van der Waals surface area contributed by atoms with Crippen LogP contribution >= 0.6 is 27.3 Å². The standard InChI is InChI=1S/C19H14BrN3OS/c1-24-15-4-2-3-14(9-15)23-18-17-16(10-25-19(17)22-11-21-18)12-5-7-13(20)8-6-12/h2-11H,1H3,(H,21,22,23). The third-order valence-electron chi connectivity index (χ3n) is 3.86. The van der Waals surface area contributed by atoms with Crippen LogP contribution < -0.4 is 10.1 Å². The Labute approximate surface area is 157 Å². The molecule has 1 N–H and O–H groups in total. The van der Waals surface area contributed by atoms with Gasteiger partial charge < -0.3 is 10.1 Å². The van der Waals surface area contributed by atoms with E-state index < -0.39 is 0 Å². The highest BCUT2D eigenvalue weighted by molar-refractivity contribution is 9.10. The van der Waals surface area contributed by atoms with E-state index in [4.69, 9.17) is 4.74 Å². The van der Waals surface area contributed by atoms with Gasteiger partial charge in [-0.2, -0.15) is 0 Å². The van der Waals surface area contributed by atoms with Gasteiger partial charge in [0, 0.05) is 27.2 Å². The van der Waals surface area contributed by atoms with Crippen LogP contribution in [0.25, 0.3) is 21.3 Å². The summed E-state index contributed by atoms with van der Waals surface area (Å²) >= 11 is 5.10. The Bertz CT molecular complexity index is 1030. The van der Waals surface area contributed by atoms with E-state index in [1.807, 2.05) is 36.4 Å². The van der Waals surface area contributed by atoms with Gasteiger partial charge in [-0.25, -0.2) is 9.97 Å². The molecule has 0 fully saturated rings. The molecule has 4 aromatic rings. The number of halogens is 1. The number of rotatable bonds is 4. The largest absolute Gasteiger partial charge is 0.497 e. The Hall–Kier alpha value is -2.44. The highest BCUT2D eigenvalue weighted by Crippen LogP contribution is 2.37. The van der Waals surface area contributed by atoms with Gasteiger partial charge in [-0.05, 0) is 29.8 Å². The first-order valence-electron chi connectivity index (χ1n) is 7.64. The van der Waals surface area contributed by atoms with Gasteiger partial charge in [0.1, 0.15) is 22.7 Å². The van der Waals surface area contributed by atoms with E-state index in [-0.39, 0.29) is 0 Å². The molecular weight excluding hydrogens is 398 g/mol. The van der Waals surface area contributed by atoms with Gasteiger partial charge >= 0.3 is 0 Å². The third kappa shape index (κ3) is 3.23. The van der Waals surface area contributed by atoms with E-state index in [0.29, 0.717) is 0 Å². The lowest BCUT2D eigenvalue weighted by Gasteiger charge is -2.09. The second-order valence-corrected chi connectivity index (χ2v) is 7.19. The fraction of sp³-hybridized carbons (Fsp3) is 0.0526. The minimum absolute atomic E-state index is 0.789. The zero-order valence-electron chi connectivity index (χ0n) is 13.4. The van der Waals surface area contributed by atoms with Crippen LogP contribution in [-0.2, 0) is 0 Å². The summed E-state index contributed by atoms with van der Waals surface area (Å²) in [6.45, 7) is 0. The molecule has 0 spiro atoms. The lowest BCUT2D eigenvalue weighted by atomic mass is 10.1. The Morgan fingerprint density at radius 2 is 1.92 bits per heavy atom. The lowest BCUT2D eigenvalue weighted by molar-refractivity contribution is 0.415. The van der Waals surface area contributed by atoms with Gasteiger partial charge in [0.25, 0.3) is 0 Å². The normalized spacial score (nSPS) is 10.8. The summed E-state index contributed by atoms with van der Waals surface area (Å²) in [5.74, 6) is 1.59. The Morgan fingerprint density at radius 3 is 2.72 bits per heavy atom. The summed E-state index contributed by atoms with van der Waals surface area (Å²) in [6.07, 6.45) is 1.59. The summed E-state index contributed by atoms with van der Waals surface area (Å²) in [5, 5.41) is 6.55. The molecule has 0 saturated carbocycles. The monoisotopic (exact) mass is 411 g/mol. The van der Waals surface area contributed by atoms with Crippen molar-refractivity contribution in [1.82, 2.24) is 9.97 Å². The van der Waals surface area contributed by atoms with Crippen LogP contribution in [-0.4, -0.2) is 17.1 Å². The van der Waals surface area contributed by atoms with Crippen molar-refractivity contribution >= 4 is 49.0 Å². The third-order valence-corrected chi connectivity index (χ3v) is 5.27. The molecule has 2 aromatic carbocycles. The Kier molecular flexibility index (Phi) is 4.38. The first-order valence-corrected chi connectivity index (χ1v) is 9.31. The number of ether oxygens (including phenoxy) is 1. The SMILES string of the molecule is COc1cccc(Nc2ncnc3scc(-c4ccc(Br)cc4)c23)c1. The summed E-state index contributed by atoms with van der Waals surface area (Å²) < 4.78 is 6.35. The maximum atomic E-state index is 5.29. The van der Waals surface area contributed by atoms with Crippen molar-refractivity contribution in [3.05, 3.63) is 64.7 Å². The molecule has 0 aliphatic rings. The van der Waals surface area contributed by atoms with Crippen LogP contribution in [0.4, 0.5) is 11.5 Å². The first kappa shape index (κ1) is 16.1. The lowest BCUT2D eigenvalue weighted by Crippen LogP contribution is -1.96. The number of fused-ring (bicyclic) bond motifs is 1. The molecule has 4 rings (SSSR count). The fourth-order valence-corrected chi connectivity index (χ4v) is 3.83. The first-order chi connectivity index (χ1) is 12.2. The van der Waals surface area contributed by atoms with Gasteiger partial charge in [0.2, 0.25) is 0 Å². The molecule has 2 heterocycles. The molecule has 0 radical (unpaired) electrons. The minimum atomic E-state index is 0.789. The highest BCUT2D eigenvalue weighted by Gasteiger charge is 2.13. The number of nitrogens with one attached hydrogen (secondary N) is 1. The molecule has 0 atom stereocenters. The van der Waals surface area contributed by atoms with E-state index >= 15 is 0 Å². The van der Waals surface area contributed by atoms with Crippen molar-refractivity contribution in [2.24, 2.45) is 0 Å². The number of anilines is 2. The van der Waals surface area contributed by atoms with Crippen LogP contribution in [0, 0.1) is 0 Å². The van der Waals surface area contributed by atoms with Crippen LogP contribution in [0.1, 0.15) is 0 Å². The van der Waals surface area contributed by atoms with Crippen molar-refractivity contribution in [2.75, 3.05) is 12.4 Å². The van der Waals surface area contributed by atoms with Crippen molar-refractivity contribution < 1.29 is 4.74 Å². The molecule has 2 aromatic heterocycles. The number of aromatic nitrogens is 2. The minimum Gasteiger partial charge on any atom is -0.497 e. The number of hydrogen-bond acceptors (Lipinski definition) is 5. The van der Waals surface area contributed by atoms with E-state index in [0.717, 1.165) is 43.1 Å². The smallest absolute Gasteiger partial charge is 0.143 e. The van der Waals surface area contributed by atoms with E-state index in [2.05, 4.69) is 48.7 Å². The maximum absolute atomic E-state index is 5.29. The van der Waals surface area contributed by atoms with E-state index in [1.54, 1.807) is 24.8 Å². The van der Waals surface area contributed by atoms with Crippen LogP contribution in [0.15, 0.2) is 64.7 Å². The van der Waals surface area contributed by atoms with Gasteiger partial charge in [0.15, 0.2) is 0 Å². The number of methoxy groups -OCH3 is 1. The van der Waals surface area contributed by atoms with Gasteiger partial charge in [0.05, 0.1) is 12.5 Å². The van der Waals surface area contributed by atoms with Gasteiger partial charge in [-0.3, -0.25) is 0 Å². The second-order valence-electron chi connectivity index (χ2n) is 5.42. The number of nitrogens with zero attached hydrogens (tertiary/aromatic N) is 2. The molecule has 0 unspecified atom stereocenters. The summed E-state index contributed by atoms with van der Waals surface area (Å²) in [6, 6.07) is 16.1. The van der Waals surface area contributed by atoms with Crippen molar-refractivity contribution in [1.29, 1.82) is 0 Å². The van der Waals surface area contributed by atoms with E-state index in [1.165, 1.54) is 0 Å². The number of benzene rings is 2. The average Bonchev–Trinajstić information content (AvgIpc) is 3.08. The van der Waals surface area contributed by atoms with Gasteiger partial charge in [-0.1, -0.05) is 34.1 Å². The zero-order chi connectivity index (χ0) is 17.2. The molecule has 6 heteroatoms. The topological polar surface area (TPSA) is 47.0 Å². The summed E-state index contributed by atoms with van der Waals surface area (Å²) in [7, 11) is 1.66. The molecule has 0 aliphatic heterocycles. The quantitative estimate of drug-likeness (QED) is 0.455. The zero-order valence-corrected chi connectivity index (χ0v) is 15.8. The molecule has 0 aliphatic carbocycles. The van der Waals surface area contributed by atoms with Crippen molar-refractivity contribution in [3.8, 4) is 16.9 Å². The Morgan fingerprint density at radius 1 is 1.08 bits per heavy atom. The van der Waals surface area contributed by atoms with E-state index in [9.17, 15) is 0 Å². The highest BCUT2D eigenvalue weighted by atomic mass is 79.9. The van der Waals surface area contributed by atoms with Crippen LogP contribution in [0.5, 0.6) is 5.75 Å². The van der Waals surface area contributed by atoms with Crippen molar-refractivity contribution in [3.63, 3.8) is 0 Å². The molecule has 4 nitrogen and oxygen atoms in total. The molecule has 0 amide bonds. The van der Waals surface area contributed by atoms with Crippen LogP contribution in [0.2, 0.25) is 0 Å². The predicted octanol–water partition coefficient (Wildman–Crippen LogP) is 5.87. The summed E-state index contributed by atoms with van der Waals surface area (Å²) in [5.41, 5.74) is 3.18. The van der Waals surface area contributed by atoms with Gasteiger partial charge in [-0.15, -0.1) is 11.3 Å².